The summed E-state index contributed by atoms with van der Waals surface area (Å²) in [5.74, 6) is -0.196. The quantitative estimate of drug-likeness (QED) is 0.488. The van der Waals surface area contributed by atoms with Gasteiger partial charge in [0.1, 0.15) is 0 Å². The molecule has 1 aliphatic heterocycles. The van der Waals surface area contributed by atoms with Crippen molar-refractivity contribution in [3.05, 3.63) is 71.1 Å². The first-order valence-electron chi connectivity index (χ1n) is 11.0. The summed E-state index contributed by atoms with van der Waals surface area (Å²) >= 11 is 1.45. The molecule has 0 saturated carbocycles. The lowest BCUT2D eigenvalue weighted by Gasteiger charge is -2.34. The number of thiophene rings is 1. The van der Waals surface area contributed by atoms with Crippen LogP contribution in [0, 0.1) is 6.92 Å². The van der Waals surface area contributed by atoms with Crippen molar-refractivity contribution in [3.63, 3.8) is 0 Å². The zero-order chi connectivity index (χ0) is 22.7. The number of rotatable bonds is 6. The molecule has 1 saturated heterocycles. The molecule has 2 heterocycles. The first-order chi connectivity index (χ1) is 15.4. The molecular weight excluding hydrogens is 440 g/mol. The van der Waals surface area contributed by atoms with Crippen molar-refractivity contribution in [3.8, 4) is 10.4 Å². The topological polar surface area (TPSA) is 66.5 Å². The number of piperidine rings is 1. The number of carbonyl (C=O) groups excluding carboxylic acids is 1. The molecule has 168 valence electrons. The number of hydrogen-bond acceptors (Lipinski definition) is 4. The third-order valence-electron chi connectivity index (χ3n) is 5.94. The average Bonchev–Trinajstić information content (AvgIpc) is 3.21. The highest BCUT2D eigenvalue weighted by Gasteiger charge is 2.32. The van der Waals surface area contributed by atoms with Gasteiger partial charge in [0, 0.05) is 23.2 Å². The third kappa shape index (κ3) is 4.65. The van der Waals surface area contributed by atoms with E-state index in [9.17, 15) is 13.2 Å². The summed E-state index contributed by atoms with van der Waals surface area (Å²) in [5, 5.41) is 2.89. The predicted octanol–water partition coefficient (Wildman–Crippen LogP) is 5.93. The van der Waals surface area contributed by atoms with Gasteiger partial charge in [-0.05, 0) is 67.6 Å². The van der Waals surface area contributed by atoms with Crippen LogP contribution in [0.5, 0.6) is 0 Å². The van der Waals surface area contributed by atoms with Crippen LogP contribution in [0.1, 0.15) is 47.8 Å². The zero-order valence-corrected chi connectivity index (χ0v) is 20.0. The van der Waals surface area contributed by atoms with Crippen LogP contribution in [0.25, 0.3) is 10.4 Å². The van der Waals surface area contributed by atoms with E-state index in [0.717, 1.165) is 41.7 Å². The van der Waals surface area contributed by atoms with Gasteiger partial charge in [-0.15, -0.1) is 11.3 Å². The van der Waals surface area contributed by atoms with E-state index in [2.05, 4.69) is 5.32 Å². The standard InChI is InChI=1S/C25H28N2O3S2/c1-3-21-11-7-8-16-27(21)32(29,30)22-14-12-20(13-15-22)26-25(28)23-17-18(2)24(31-23)19-9-5-4-6-10-19/h4-6,9-10,12-15,17,21H,3,7-8,11,16H2,1-2H3,(H,26,28). The Kier molecular flexibility index (Phi) is 6.79. The highest BCUT2D eigenvalue weighted by molar-refractivity contribution is 7.89. The molecule has 1 unspecified atom stereocenters. The van der Waals surface area contributed by atoms with E-state index in [1.54, 1.807) is 28.6 Å². The maximum atomic E-state index is 13.1. The molecule has 7 heteroatoms. The second-order valence-corrected chi connectivity index (χ2v) is 11.1. The first-order valence-corrected chi connectivity index (χ1v) is 13.2. The summed E-state index contributed by atoms with van der Waals surface area (Å²) in [6.07, 6.45) is 3.70. The number of benzene rings is 2. The van der Waals surface area contributed by atoms with Gasteiger partial charge in [-0.3, -0.25) is 4.79 Å². The van der Waals surface area contributed by atoms with E-state index in [4.69, 9.17) is 0 Å². The van der Waals surface area contributed by atoms with Gasteiger partial charge in [-0.2, -0.15) is 4.31 Å². The van der Waals surface area contributed by atoms with Crippen LogP contribution >= 0.6 is 11.3 Å². The van der Waals surface area contributed by atoms with Crippen LogP contribution in [0.2, 0.25) is 0 Å². The molecule has 5 nitrogen and oxygen atoms in total. The van der Waals surface area contributed by atoms with E-state index in [1.807, 2.05) is 50.2 Å². The van der Waals surface area contributed by atoms with Crippen molar-refractivity contribution in [2.75, 3.05) is 11.9 Å². The van der Waals surface area contributed by atoms with E-state index in [1.165, 1.54) is 11.3 Å². The smallest absolute Gasteiger partial charge is 0.265 e. The Bertz CT molecular complexity index is 1190. The Morgan fingerprint density at radius 3 is 2.50 bits per heavy atom. The van der Waals surface area contributed by atoms with E-state index in [-0.39, 0.29) is 16.8 Å². The summed E-state index contributed by atoms with van der Waals surface area (Å²) in [6, 6.07) is 18.4. The Morgan fingerprint density at radius 1 is 1.09 bits per heavy atom. The van der Waals surface area contributed by atoms with E-state index in [0.29, 0.717) is 17.1 Å². The molecule has 0 bridgehead atoms. The van der Waals surface area contributed by atoms with Gasteiger partial charge in [0.25, 0.3) is 5.91 Å². The molecule has 4 rings (SSSR count). The monoisotopic (exact) mass is 468 g/mol. The number of carbonyl (C=O) groups is 1. The number of hydrogen-bond donors (Lipinski definition) is 1. The van der Waals surface area contributed by atoms with Crippen LogP contribution < -0.4 is 5.32 Å². The fourth-order valence-electron chi connectivity index (χ4n) is 4.21. The van der Waals surface area contributed by atoms with Gasteiger partial charge in [0.05, 0.1) is 9.77 Å². The molecule has 0 aliphatic carbocycles. The van der Waals surface area contributed by atoms with Gasteiger partial charge in [0.15, 0.2) is 0 Å². The summed E-state index contributed by atoms with van der Waals surface area (Å²) in [7, 11) is -3.53. The Hall–Kier alpha value is -2.48. The summed E-state index contributed by atoms with van der Waals surface area (Å²) in [6.45, 7) is 4.60. The van der Waals surface area contributed by atoms with Gasteiger partial charge >= 0.3 is 0 Å². The van der Waals surface area contributed by atoms with Crippen molar-refractivity contribution in [2.45, 2.75) is 50.5 Å². The number of nitrogens with zero attached hydrogens (tertiary/aromatic N) is 1. The number of nitrogens with one attached hydrogen (secondary N) is 1. The second kappa shape index (κ2) is 9.57. The van der Waals surface area contributed by atoms with Crippen molar-refractivity contribution >= 4 is 33.0 Å². The molecular formula is C25H28N2O3S2. The van der Waals surface area contributed by atoms with Crippen molar-refractivity contribution in [1.29, 1.82) is 0 Å². The summed E-state index contributed by atoms with van der Waals surface area (Å²) in [4.78, 5) is 14.8. The zero-order valence-electron chi connectivity index (χ0n) is 18.4. The van der Waals surface area contributed by atoms with Crippen LogP contribution in [0.3, 0.4) is 0 Å². The average molecular weight is 469 g/mol. The SMILES string of the molecule is CCC1CCCCN1S(=O)(=O)c1ccc(NC(=O)c2cc(C)c(-c3ccccc3)s2)cc1. The molecule has 1 atom stereocenters. The third-order valence-corrected chi connectivity index (χ3v) is 9.19. The highest BCUT2D eigenvalue weighted by Crippen LogP contribution is 2.33. The van der Waals surface area contributed by atoms with Crippen molar-refractivity contribution in [2.24, 2.45) is 0 Å². The minimum absolute atomic E-state index is 0.0639. The minimum atomic E-state index is -3.53. The molecule has 0 radical (unpaired) electrons. The van der Waals surface area contributed by atoms with Crippen molar-refractivity contribution in [1.82, 2.24) is 4.31 Å². The lowest BCUT2D eigenvalue weighted by Crippen LogP contribution is -2.43. The summed E-state index contributed by atoms with van der Waals surface area (Å²) < 4.78 is 27.9. The molecule has 0 spiro atoms. The molecule has 3 aromatic rings. The van der Waals surface area contributed by atoms with Gasteiger partial charge < -0.3 is 5.32 Å². The fourth-order valence-corrected chi connectivity index (χ4v) is 7.05. The molecule has 1 fully saturated rings. The van der Waals surface area contributed by atoms with E-state index < -0.39 is 10.0 Å². The lowest BCUT2D eigenvalue weighted by molar-refractivity contribution is 0.103. The predicted molar refractivity (Wildman–Crippen MR) is 131 cm³/mol. The van der Waals surface area contributed by atoms with Gasteiger partial charge in [-0.25, -0.2) is 8.42 Å². The largest absolute Gasteiger partial charge is 0.321 e. The number of amides is 1. The van der Waals surface area contributed by atoms with E-state index >= 15 is 0 Å². The molecule has 2 aromatic carbocycles. The van der Waals surface area contributed by atoms with Gasteiger partial charge in [-0.1, -0.05) is 43.7 Å². The molecule has 1 N–H and O–H groups in total. The maximum Gasteiger partial charge on any atom is 0.265 e. The lowest BCUT2D eigenvalue weighted by atomic mass is 10.0. The molecule has 1 amide bonds. The second-order valence-electron chi connectivity index (χ2n) is 8.14. The van der Waals surface area contributed by atoms with Crippen LogP contribution in [0.15, 0.2) is 65.6 Å². The summed E-state index contributed by atoms with van der Waals surface area (Å²) in [5.41, 5.74) is 2.72. The Balaban J connectivity index is 1.49. The number of sulfonamides is 1. The highest BCUT2D eigenvalue weighted by atomic mass is 32.2. The van der Waals surface area contributed by atoms with Crippen LogP contribution in [0.4, 0.5) is 5.69 Å². The Morgan fingerprint density at radius 2 is 1.81 bits per heavy atom. The molecule has 1 aromatic heterocycles. The van der Waals surface area contributed by atoms with Crippen LogP contribution in [-0.2, 0) is 10.0 Å². The minimum Gasteiger partial charge on any atom is -0.321 e. The molecule has 32 heavy (non-hydrogen) atoms. The molecule has 1 aliphatic rings. The van der Waals surface area contributed by atoms with Gasteiger partial charge in [0.2, 0.25) is 10.0 Å². The fraction of sp³-hybridized carbons (Fsp3) is 0.320. The van der Waals surface area contributed by atoms with Crippen LogP contribution in [-0.4, -0.2) is 31.2 Å². The maximum absolute atomic E-state index is 13.1. The Labute approximate surface area is 194 Å². The normalized spacial score (nSPS) is 17.2. The number of aryl methyl sites for hydroxylation is 1. The van der Waals surface area contributed by atoms with Crippen molar-refractivity contribution < 1.29 is 13.2 Å². The number of anilines is 1. The first kappa shape index (κ1) is 22.7.